The van der Waals surface area contributed by atoms with Gasteiger partial charge in [-0.2, -0.15) is 0 Å². The number of imidazole rings is 1. The Morgan fingerprint density at radius 3 is 2.62 bits per heavy atom. The molecule has 0 saturated carbocycles. The van der Waals surface area contributed by atoms with Gasteiger partial charge in [-0.1, -0.05) is 24.3 Å². The van der Waals surface area contributed by atoms with Crippen LogP contribution in [0.1, 0.15) is 29.5 Å². The van der Waals surface area contributed by atoms with Crippen LogP contribution in [0.25, 0.3) is 11.3 Å². The number of aliphatic hydroxyl groups excluding tert-OH is 2. The molecule has 0 saturated heterocycles. The van der Waals surface area contributed by atoms with Crippen molar-refractivity contribution in [2.75, 3.05) is 19.8 Å². The van der Waals surface area contributed by atoms with Crippen LogP contribution in [0.2, 0.25) is 0 Å². The van der Waals surface area contributed by atoms with Crippen molar-refractivity contribution in [1.29, 1.82) is 0 Å². The van der Waals surface area contributed by atoms with E-state index in [1.165, 1.54) is 0 Å². The van der Waals surface area contributed by atoms with E-state index in [2.05, 4.69) is 10.2 Å². The zero-order chi connectivity index (χ0) is 18.9. The summed E-state index contributed by atoms with van der Waals surface area (Å²) in [6.07, 6.45) is 3.00. The third-order valence-electron chi connectivity index (χ3n) is 4.02. The third kappa shape index (κ3) is 5.17. The van der Waals surface area contributed by atoms with Gasteiger partial charge in [0.2, 0.25) is 5.82 Å². The molecule has 0 aliphatic rings. The number of hydrogen-bond donors (Lipinski definition) is 3. The number of benzene rings is 1. The lowest BCUT2D eigenvalue weighted by Gasteiger charge is -2.15. The van der Waals surface area contributed by atoms with Crippen LogP contribution in [0.3, 0.4) is 0 Å². The molecule has 8 heteroatoms. The van der Waals surface area contributed by atoms with E-state index in [9.17, 15) is 9.90 Å². The number of nitrogens with zero attached hydrogens (tertiary/aromatic N) is 2. The summed E-state index contributed by atoms with van der Waals surface area (Å²) in [5.74, 6) is -0.333. The second kappa shape index (κ2) is 10.1. The van der Waals surface area contributed by atoms with Gasteiger partial charge in [-0.15, -0.1) is 0 Å². The van der Waals surface area contributed by atoms with E-state index in [0.717, 1.165) is 11.1 Å². The summed E-state index contributed by atoms with van der Waals surface area (Å²) < 4.78 is 6.61. The average Bonchev–Trinajstić information content (AvgIpc) is 3.06. The summed E-state index contributed by atoms with van der Waals surface area (Å²) in [5.41, 5.74) is 2.57. The Bertz CT molecular complexity index is 703. The van der Waals surface area contributed by atoms with Crippen LogP contribution < -0.4 is 5.23 Å². The SMILES string of the molecule is [B]NC(CCO)Cc1ccc(-c2cn(CCO)c(C(=O)OCC)n2)cc1. The molecule has 0 amide bonds. The van der Waals surface area contributed by atoms with Crippen molar-refractivity contribution in [3.63, 3.8) is 0 Å². The van der Waals surface area contributed by atoms with E-state index < -0.39 is 5.97 Å². The number of esters is 1. The Morgan fingerprint density at radius 2 is 2.04 bits per heavy atom. The summed E-state index contributed by atoms with van der Waals surface area (Å²) in [6.45, 7) is 2.24. The Labute approximate surface area is 154 Å². The Morgan fingerprint density at radius 1 is 1.31 bits per heavy atom. The first kappa shape index (κ1) is 20.2. The second-order valence-corrected chi connectivity index (χ2v) is 5.86. The molecule has 1 aromatic carbocycles. The monoisotopic (exact) mass is 357 g/mol. The number of nitrogens with one attached hydrogen (secondary N) is 1. The van der Waals surface area contributed by atoms with Gasteiger partial charge in [-0.25, -0.2) is 9.78 Å². The van der Waals surface area contributed by atoms with E-state index >= 15 is 0 Å². The van der Waals surface area contributed by atoms with Crippen molar-refractivity contribution >= 4 is 14.0 Å². The normalized spacial score (nSPS) is 12.1. The fourth-order valence-corrected chi connectivity index (χ4v) is 2.69. The summed E-state index contributed by atoms with van der Waals surface area (Å²) >= 11 is 0. The zero-order valence-electron chi connectivity index (χ0n) is 14.9. The highest BCUT2D eigenvalue weighted by Crippen LogP contribution is 2.21. The first-order valence-corrected chi connectivity index (χ1v) is 8.64. The van der Waals surface area contributed by atoms with E-state index in [1.807, 2.05) is 24.3 Å². The summed E-state index contributed by atoms with van der Waals surface area (Å²) in [7, 11) is 5.49. The fraction of sp³-hybridized carbons (Fsp3) is 0.444. The molecule has 1 aromatic heterocycles. The van der Waals surface area contributed by atoms with Crippen LogP contribution in [0.15, 0.2) is 30.5 Å². The molecular weight excluding hydrogens is 333 g/mol. The Kier molecular flexibility index (Phi) is 7.84. The smallest absolute Gasteiger partial charge is 0.374 e. The van der Waals surface area contributed by atoms with Gasteiger partial charge in [-0.05, 0) is 25.3 Å². The molecule has 0 spiro atoms. The van der Waals surface area contributed by atoms with E-state index in [1.54, 1.807) is 17.7 Å². The summed E-state index contributed by atoms with van der Waals surface area (Å²) in [5, 5.41) is 20.9. The lowest BCUT2D eigenvalue weighted by Crippen LogP contribution is -2.29. The van der Waals surface area contributed by atoms with Crippen molar-refractivity contribution < 1.29 is 19.7 Å². The molecule has 0 aliphatic carbocycles. The second-order valence-electron chi connectivity index (χ2n) is 5.86. The molecule has 1 unspecified atom stereocenters. The van der Waals surface area contributed by atoms with Crippen LogP contribution >= 0.6 is 0 Å². The maximum Gasteiger partial charge on any atom is 0.374 e. The first-order chi connectivity index (χ1) is 12.6. The minimum Gasteiger partial charge on any atom is -0.460 e. The van der Waals surface area contributed by atoms with Gasteiger partial charge in [0, 0.05) is 31.0 Å². The summed E-state index contributed by atoms with van der Waals surface area (Å²) in [4.78, 5) is 16.4. The van der Waals surface area contributed by atoms with Crippen LogP contribution in [0, 0.1) is 0 Å². The zero-order valence-corrected chi connectivity index (χ0v) is 14.9. The largest absolute Gasteiger partial charge is 0.460 e. The van der Waals surface area contributed by atoms with Gasteiger partial charge in [0.25, 0.3) is 0 Å². The highest BCUT2D eigenvalue weighted by Gasteiger charge is 2.17. The quantitative estimate of drug-likeness (QED) is 0.428. The highest BCUT2D eigenvalue weighted by molar-refractivity contribution is 6.04. The number of ether oxygens (including phenoxy) is 1. The Hall–Kier alpha value is -2.16. The molecule has 1 atom stereocenters. The summed E-state index contributed by atoms with van der Waals surface area (Å²) in [6, 6.07) is 7.77. The topological polar surface area (TPSA) is 96.6 Å². The van der Waals surface area contributed by atoms with Crippen molar-refractivity contribution in [2.24, 2.45) is 0 Å². The molecule has 2 rings (SSSR count). The van der Waals surface area contributed by atoms with Gasteiger partial charge in [0.15, 0.2) is 7.98 Å². The molecule has 0 fully saturated rings. The van der Waals surface area contributed by atoms with Crippen molar-refractivity contribution in [3.8, 4) is 11.3 Å². The number of aromatic nitrogens is 2. The maximum atomic E-state index is 12.0. The van der Waals surface area contributed by atoms with Crippen molar-refractivity contribution in [3.05, 3.63) is 41.9 Å². The number of hydrogen-bond acceptors (Lipinski definition) is 6. The molecule has 138 valence electrons. The van der Waals surface area contributed by atoms with Crippen LogP contribution in [-0.4, -0.2) is 59.6 Å². The number of aliphatic hydroxyl groups is 2. The molecule has 0 aliphatic heterocycles. The molecular formula is C18H24BN3O4. The van der Waals surface area contributed by atoms with Crippen molar-refractivity contribution in [2.45, 2.75) is 32.4 Å². The first-order valence-electron chi connectivity index (χ1n) is 8.64. The van der Waals surface area contributed by atoms with Gasteiger partial charge in [0.05, 0.1) is 18.9 Å². The predicted molar refractivity (Wildman–Crippen MR) is 98.8 cm³/mol. The molecule has 2 aromatic rings. The maximum absolute atomic E-state index is 12.0. The third-order valence-corrected chi connectivity index (χ3v) is 4.02. The van der Waals surface area contributed by atoms with E-state index in [0.29, 0.717) is 18.5 Å². The lowest BCUT2D eigenvalue weighted by molar-refractivity contribution is 0.0505. The van der Waals surface area contributed by atoms with Gasteiger partial charge < -0.3 is 24.7 Å². The lowest BCUT2D eigenvalue weighted by atomic mass is 10.0. The highest BCUT2D eigenvalue weighted by atomic mass is 16.5. The Balaban J connectivity index is 2.20. The van der Waals surface area contributed by atoms with Gasteiger partial charge >= 0.3 is 5.97 Å². The number of carbonyl (C=O) groups is 1. The predicted octanol–water partition coefficient (Wildman–Crippen LogP) is 0.686. The number of carbonyl (C=O) groups excluding carboxylic acids is 1. The standard InChI is InChI=1S/C18H24BN3O4/c1-2-26-18(25)17-20-16(12-22(17)8-10-24)14-5-3-13(4-6-14)11-15(21-19)7-9-23/h3-6,12,15,21,23-24H,2,7-11H2,1H3. The van der Waals surface area contributed by atoms with Gasteiger partial charge in [0.1, 0.15) is 0 Å². The van der Waals surface area contributed by atoms with Crippen LogP contribution in [0.5, 0.6) is 0 Å². The number of rotatable bonds is 10. The van der Waals surface area contributed by atoms with E-state index in [4.69, 9.17) is 17.8 Å². The van der Waals surface area contributed by atoms with Crippen molar-refractivity contribution in [1.82, 2.24) is 14.8 Å². The molecule has 7 nitrogen and oxygen atoms in total. The van der Waals surface area contributed by atoms with Crippen LogP contribution in [-0.2, 0) is 17.7 Å². The molecule has 3 N–H and O–H groups in total. The average molecular weight is 357 g/mol. The van der Waals surface area contributed by atoms with Crippen LogP contribution in [0.4, 0.5) is 0 Å². The minimum absolute atomic E-state index is 0.00466. The molecule has 26 heavy (non-hydrogen) atoms. The molecule has 2 radical (unpaired) electrons. The van der Waals surface area contributed by atoms with E-state index in [-0.39, 0.29) is 38.2 Å². The fourth-order valence-electron chi connectivity index (χ4n) is 2.69. The molecule has 0 bridgehead atoms. The minimum atomic E-state index is -0.510. The van der Waals surface area contributed by atoms with Gasteiger partial charge in [-0.3, -0.25) is 0 Å². The molecule has 1 heterocycles.